The zero-order valence-electron chi connectivity index (χ0n) is 20.1. The fraction of sp³-hybridized carbons (Fsp3) is 0.269. The fourth-order valence-corrected chi connectivity index (χ4v) is 7.08. The van der Waals surface area contributed by atoms with E-state index < -0.39 is 21.7 Å². The Bertz CT molecular complexity index is 1530. The number of nitrogens with zero attached hydrogens (tertiary/aromatic N) is 4. The smallest absolute Gasteiger partial charge is 0.280 e. The number of hydrogen-bond acceptors (Lipinski definition) is 7. The number of piperidine rings is 1. The van der Waals surface area contributed by atoms with E-state index in [1.54, 1.807) is 16.4 Å². The number of carbonyl (C=O) groups is 1. The molecule has 0 bridgehead atoms. The normalized spacial score (nSPS) is 17.0. The molecular weight excluding hydrogens is 515 g/mol. The third-order valence-corrected chi connectivity index (χ3v) is 9.27. The molecular formula is C26H25FN4O4S2. The van der Waals surface area contributed by atoms with E-state index in [0.29, 0.717) is 22.5 Å². The summed E-state index contributed by atoms with van der Waals surface area (Å²) in [5, 5.41) is 5.63. The van der Waals surface area contributed by atoms with Crippen molar-refractivity contribution in [2.45, 2.75) is 43.5 Å². The van der Waals surface area contributed by atoms with Crippen molar-refractivity contribution >= 4 is 48.8 Å². The molecule has 0 aliphatic carbocycles. The number of aromatic nitrogens is 1. The van der Waals surface area contributed by atoms with Crippen LogP contribution in [0, 0.1) is 5.82 Å². The summed E-state index contributed by atoms with van der Waals surface area (Å²) in [7, 11) is -3.68. The van der Waals surface area contributed by atoms with Crippen LogP contribution in [0.25, 0.3) is 10.2 Å². The molecule has 0 radical (unpaired) electrons. The molecule has 1 amide bonds. The van der Waals surface area contributed by atoms with Gasteiger partial charge in [-0.05, 0) is 73.9 Å². The first-order valence-electron chi connectivity index (χ1n) is 12.0. The van der Waals surface area contributed by atoms with Crippen LogP contribution < -0.4 is 5.01 Å². The maximum atomic E-state index is 13.7. The van der Waals surface area contributed by atoms with E-state index in [1.807, 2.05) is 6.92 Å². The third kappa shape index (κ3) is 5.20. The standard InChI is InChI=1S/C26H25FN4O4S2/c1-2-20-6-3-4-14-30(20)37(33,34)22-11-8-18(9-12-22)25(32)31(28-17-21-7-5-15-35-21)26-29-23-13-10-19(27)16-24(23)36-26/h5,7-13,15-17,20H,2-4,6,14H2,1H3/b28-17+. The topological polar surface area (TPSA) is 96.1 Å². The number of hydrogen-bond donors (Lipinski definition) is 0. The molecule has 5 rings (SSSR count). The van der Waals surface area contributed by atoms with Gasteiger partial charge in [0.2, 0.25) is 15.2 Å². The average molecular weight is 541 g/mol. The summed E-state index contributed by atoms with van der Waals surface area (Å²) in [6.45, 7) is 2.49. The van der Waals surface area contributed by atoms with Crippen LogP contribution in [0.1, 0.15) is 48.7 Å². The van der Waals surface area contributed by atoms with E-state index in [4.69, 9.17) is 4.42 Å². The molecule has 8 nitrogen and oxygen atoms in total. The van der Waals surface area contributed by atoms with Crippen LogP contribution in [-0.4, -0.2) is 42.4 Å². The highest BCUT2D eigenvalue weighted by Gasteiger charge is 2.32. The molecule has 192 valence electrons. The van der Waals surface area contributed by atoms with Gasteiger partial charge >= 0.3 is 0 Å². The van der Waals surface area contributed by atoms with Gasteiger partial charge in [-0.25, -0.2) is 17.8 Å². The first-order valence-corrected chi connectivity index (χ1v) is 14.2. The number of thiazole rings is 1. The minimum Gasteiger partial charge on any atom is -0.463 e. The summed E-state index contributed by atoms with van der Waals surface area (Å²) in [5.41, 5.74) is 0.757. The zero-order chi connectivity index (χ0) is 26.0. The van der Waals surface area contributed by atoms with E-state index >= 15 is 0 Å². The van der Waals surface area contributed by atoms with E-state index in [-0.39, 0.29) is 21.6 Å². The summed E-state index contributed by atoms with van der Waals surface area (Å²) in [5.74, 6) is -0.496. The van der Waals surface area contributed by atoms with Crippen molar-refractivity contribution in [3.05, 3.63) is 78.0 Å². The SMILES string of the molecule is CCC1CCCCN1S(=O)(=O)c1ccc(C(=O)N(/N=C/c2ccco2)c2nc3ccc(F)cc3s2)cc1. The lowest BCUT2D eigenvalue weighted by Gasteiger charge is -2.34. The second-order valence-corrected chi connectivity index (χ2v) is 11.6. The van der Waals surface area contributed by atoms with Crippen molar-refractivity contribution in [3.63, 3.8) is 0 Å². The molecule has 1 unspecified atom stereocenters. The fourth-order valence-electron chi connectivity index (χ4n) is 4.37. The first kappa shape index (κ1) is 25.2. The molecule has 0 spiro atoms. The van der Waals surface area contributed by atoms with E-state index in [1.165, 1.54) is 54.9 Å². The molecule has 1 fully saturated rings. The predicted octanol–water partition coefficient (Wildman–Crippen LogP) is 5.66. The molecule has 1 atom stereocenters. The number of halogens is 1. The third-order valence-electron chi connectivity index (χ3n) is 6.31. The molecule has 2 aromatic heterocycles. The maximum absolute atomic E-state index is 13.7. The second-order valence-electron chi connectivity index (χ2n) is 8.68. The van der Waals surface area contributed by atoms with Gasteiger partial charge in [0.25, 0.3) is 5.91 Å². The molecule has 1 saturated heterocycles. The highest BCUT2D eigenvalue weighted by atomic mass is 32.2. The van der Waals surface area contributed by atoms with Gasteiger partial charge in [0.05, 0.1) is 27.6 Å². The minimum atomic E-state index is -3.68. The molecule has 4 aromatic rings. The van der Waals surface area contributed by atoms with Crippen LogP contribution in [-0.2, 0) is 10.0 Å². The van der Waals surface area contributed by atoms with Gasteiger partial charge < -0.3 is 4.42 Å². The van der Waals surface area contributed by atoms with Crippen LogP contribution in [0.15, 0.2) is 75.3 Å². The van der Waals surface area contributed by atoms with Crippen LogP contribution >= 0.6 is 11.3 Å². The second kappa shape index (κ2) is 10.5. The lowest BCUT2D eigenvalue weighted by atomic mass is 10.0. The largest absolute Gasteiger partial charge is 0.463 e. The summed E-state index contributed by atoms with van der Waals surface area (Å²) < 4.78 is 47.8. The van der Waals surface area contributed by atoms with Crippen molar-refractivity contribution in [2.24, 2.45) is 5.10 Å². The monoisotopic (exact) mass is 540 g/mol. The Morgan fingerprint density at radius 2 is 2.05 bits per heavy atom. The van der Waals surface area contributed by atoms with Gasteiger partial charge in [0, 0.05) is 18.2 Å². The molecule has 3 heterocycles. The van der Waals surface area contributed by atoms with E-state index in [0.717, 1.165) is 42.0 Å². The van der Waals surface area contributed by atoms with Crippen molar-refractivity contribution in [2.75, 3.05) is 11.6 Å². The average Bonchev–Trinajstić information content (AvgIpc) is 3.58. The Morgan fingerprint density at radius 3 is 2.78 bits per heavy atom. The number of anilines is 1. The summed E-state index contributed by atoms with van der Waals surface area (Å²) in [6.07, 6.45) is 6.32. The van der Waals surface area contributed by atoms with Crippen molar-refractivity contribution in [1.82, 2.24) is 9.29 Å². The van der Waals surface area contributed by atoms with Crippen molar-refractivity contribution in [1.29, 1.82) is 0 Å². The Labute approximate surface area is 218 Å². The Kier molecular flexibility index (Phi) is 7.18. The van der Waals surface area contributed by atoms with Crippen molar-refractivity contribution < 1.29 is 22.0 Å². The Hall–Kier alpha value is -3.41. The molecule has 0 saturated carbocycles. The zero-order valence-corrected chi connectivity index (χ0v) is 21.7. The summed E-state index contributed by atoms with van der Waals surface area (Å²) >= 11 is 1.12. The van der Waals surface area contributed by atoms with E-state index in [9.17, 15) is 17.6 Å². The van der Waals surface area contributed by atoms with Gasteiger partial charge in [-0.3, -0.25) is 4.79 Å². The number of furan rings is 1. The molecule has 0 N–H and O–H groups in total. The van der Waals surface area contributed by atoms with Crippen LogP contribution in [0.5, 0.6) is 0 Å². The Balaban J connectivity index is 1.46. The number of sulfonamides is 1. The molecule has 11 heteroatoms. The molecule has 37 heavy (non-hydrogen) atoms. The highest BCUT2D eigenvalue weighted by Crippen LogP contribution is 2.31. The number of benzene rings is 2. The van der Waals surface area contributed by atoms with Gasteiger partial charge in [0.15, 0.2) is 0 Å². The van der Waals surface area contributed by atoms with E-state index in [2.05, 4.69) is 10.1 Å². The highest BCUT2D eigenvalue weighted by molar-refractivity contribution is 7.89. The minimum absolute atomic E-state index is 0.0182. The summed E-state index contributed by atoms with van der Waals surface area (Å²) in [4.78, 5) is 18.1. The predicted molar refractivity (Wildman–Crippen MR) is 141 cm³/mol. The van der Waals surface area contributed by atoms with Gasteiger partial charge in [0.1, 0.15) is 11.6 Å². The van der Waals surface area contributed by atoms with Crippen LogP contribution in [0.3, 0.4) is 0 Å². The van der Waals surface area contributed by atoms with Gasteiger partial charge in [-0.1, -0.05) is 24.7 Å². The molecule has 2 aromatic carbocycles. The number of amides is 1. The molecule has 1 aliphatic heterocycles. The number of rotatable bonds is 7. The number of carbonyl (C=O) groups excluding carboxylic acids is 1. The molecule has 1 aliphatic rings. The van der Waals surface area contributed by atoms with Crippen molar-refractivity contribution in [3.8, 4) is 0 Å². The first-order chi connectivity index (χ1) is 17.9. The lowest BCUT2D eigenvalue weighted by Crippen LogP contribution is -2.43. The van der Waals surface area contributed by atoms with Gasteiger partial charge in [-0.15, -0.1) is 0 Å². The lowest BCUT2D eigenvalue weighted by molar-refractivity contribution is 0.0987. The summed E-state index contributed by atoms with van der Waals surface area (Å²) in [6, 6.07) is 13.4. The van der Waals surface area contributed by atoms with Crippen LogP contribution in [0.2, 0.25) is 0 Å². The van der Waals surface area contributed by atoms with Gasteiger partial charge in [-0.2, -0.15) is 14.4 Å². The Morgan fingerprint density at radius 1 is 1.24 bits per heavy atom. The number of hydrazone groups is 1. The number of fused-ring (bicyclic) bond motifs is 1. The maximum Gasteiger partial charge on any atom is 0.280 e. The van der Waals surface area contributed by atoms with Crippen LogP contribution in [0.4, 0.5) is 9.52 Å². The quantitative estimate of drug-likeness (QED) is 0.223.